The molecule has 0 spiro atoms. The molecule has 1 aromatic heterocycles. The van der Waals surface area contributed by atoms with Gasteiger partial charge in [-0.1, -0.05) is 36.4 Å². The van der Waals surface area contributed by atoms with Crippen LogP contribution in [0.3, 0.4) is 0 Å². The van der Waals surface area contributed by atoms with Gasteiger partial charge in [-0.3, -0.25) is 4.98 Å². The number of nitrogens with zero attached hydrogens (tertiary/aromatic N) is 1. The molecule has 0 aliphatic heterocycles. The second-order valence-electron chi connectivity index (χ2n) is 3.88. The van der Waals surface area contributed by atoms with Crippen molar-refractivity contribution in [3.05, 3.63) is 66.0 Å². The van der Waals surface area contributed by atoms with Crippen LogP contribution >= 0.6 is 0 Å². The van der Waals surface area contributed by atoms with E-state index in [9.17, 15) is 4.79 Å². The Labute approximate surface area is 106 Å². The Morgan fingerprint density at radius 2 is 1.61 bits per heavy atom. The molecule has 92 valence electrons. The SMILES string of the molecule is O=C(NCc1ccccc1)NCc1cccnc1. The van der Waals surface area contributed by atoms with Crippen LogP contribution in [0, 0.1) is 0 Å². The summed E-state index contributed by atoms with van der Waals surface area (Å²) in [5.41, 5.74) is 2.06. The Bertz CT molecular complexity index is 439. The minimum atomic E-state index is -0.178. The fraction of sp³-hybridized carbons (Fsp3) is 0.143. The molecule has 2 N–H and O–H groups in total. The van der Waals surface area contributed by atoms with Gasteiger partial charge >= 0.3 is 6.03 Å². The molecule has 1 aromatic carbocycles. The number of nitrogens with one attached hydrogen (secondary N) is 2. The third-order valence-electron chi connectivity index (χ3n) is 2.47. The highest BCUT2D eigenvalue weighted by atomic mass is 16.2. The van der Waals surface area contributed by atoms with Gasteiger partial charge in [0.15, 0.2) is 0 Å². The largest absolute Gasteiger partial charge is 0.334 e. The highest BCUT2D eigenvalue weighted by Crippen LogP contribution is 1.97. The molecular weight excluding hydrogens is 226 g/mol. The quantitative estimate of drug-likeness (QED) is 0.861. The third kappa shape index (κ3) is 3.90. The van der Waals surface area contributed by atoms with E-state index in [4.69, 9.17) is 0 Å². The molecular formula is C14H15N3O. The number of hydrogen-bond acceptors (Lipinski definition) is 2. The maximum Gasteiger partial charge on any atom is 0.315 e. The lowest BCUT2D eigenvalue weighted by Crippen LogP contribution is -2.34. The summed E-state index contributed by atoms with van der Waals surface area (Å²) in [6, 6.07) is 13.4. The molecule has 18 heavy (non-hydrogen) atoms. The average molecular weight is 241 g/mol. The van der Waals surface area contributed by atoms with E-state index >= 15 is 0 Å². The van der Waals surface area contributed by atoms with Crippen molar-refractivity contribution in [2.75, 3.05) is 0 Å². The summed E-state index contributed by atoms with van der Waals surface area (Å²) in [5, 5.41) is 5.58. The monoisotopic (exact) mass is 241 g/mol. The fourth-order valence-electron chi connectivity index (χ4n) is 1.53. The van der Waals surface area contributed by atoms with E-state index < -0.39 is 0 Å². The van der Waals surface area contributed by atoms with Crippen molar-refractivity contribution < 1.29 is 4.79 Å². The first-order valence-corrected chi connectivity index (χ1v) is 5.79. The molecule has 0 saturated carbocycles. The van der Waals surface area contributed by atoms with Crippen molar-refractivity contribution >= 4 is 6.03 Å². The van der Waals surface area contributed by atoms with Crippen molar-refractivity contribution in [3.63, 3.8) is 0 Å². The molecule has 1 heterocycles. The summed E-state index contributed by atoms with van der Waals surface area (Å²) in [6.45, 7) is 1.01. The van der Waals surface area contributed by atoms with Gasteiger partial charge in [-0.25, -0.2) is 4.79 Å². The van der Waals surface area contributed by atoms with Gasteiger partial charge in [0.05, 0.1) is 0 Å². The van der Waals surface area contributed by atoms with Gasteiger partial charge < -0.3 is 10.6 Å². The second-order valence-corrected chi connectivity index (χ2v) is 3.88. The Balaban J connectivity index is 1.73. The predicted molar refractivity (Wildman–Crippen MR) is 69.8 cm³/mol. The smallest absolute Gasteiger partial charge is 0.315 e. The van der Waals surface area contributed by atoms with Gasteiger partial charge in [0, 0.05) is 25.5 Å². The van der Waals surface area contributed by atoms with Gasteiger partial charge in [0.2, 0.25) is 0 Å². The molecule has 4 heteroatoms. The lowest BCUT2D eigenvalue weighted by Gasteiger charge is -2.07. The van der Waals surface area contributed by atoms with E-state index in [1.807, 2.05) is 42.5 Å². The number of pyridine rings is 1. The van der Waals surface area contributed by atoms with E-state index in [1.54, 1.807) is 12.4 Å². The first-order chi connectivity index (χ1) is 8.84. The molecule has 0 fully saturated rings. The minimum absolute atomic E-state index is 0.178. The zero-order valence-corrected chi connectivity index (χ0v) is 9.97. The standard InChI is InChI=1S/C14H15N3O/c18-14(16-10-12-5-2-1-3-6-12)17-11-13-7-4-8-15-9-13/h1-9H,10-11H2,(H2,16,17,18). The maximum absolute atomic E-state index is 11.5. The van der Waals surface area contributed by atoms with Crippen LogP contribution in [0.15, 0.2) is 54.9 Å². The molecule has 2 aromatic rings. The van der Waals surface area contributed by atoms with E-state index in [-0.39, 0.29) is 6.03 Å². The summed E-state index contributed by atoms with van der Waals surface area (Å²) in [4.78, 5) is 15.5. The first kappa shape index (κ1) is 12.1. The van der Waals surface area contributed by atoms with E-state index in [0.717, 1.165) is 11.1 Å². The number of urea groups is 1. The van der Waals surface area contributed by atoms with Crippen LogP contribution in [-0.4, -0.2) is 11.0 Å². The molecule has 0 aliphatic rings. The average Bonchev–Trinajstić information content (AvgIpc) is 2.45. The van der Waals surface area contributed by atoms with Crippen LogP contribution in [0.5, 0.6) is 0 Å². The number of rotatable bonds is 4. The minimum Gasteiger partial charge on any atom is -0.334 e. The summed E-state index contributed by atoms with van der Waals surface area (Å²) >= 11 is 0. The van der Waals surface area contributed by atoms with Crippen LogP contribution in [0.25, 0.3) is 0 Å². The number of amides is 2. The topological polar surface area (TPSA) is 54.0 Å². The van der Waals surface area contributed by atoms with Crippen LogP contribution in [0.4, 0.5) is 4.79 Å². The molecule has 0 bridgehead atoms. The van der Waals surface area contributed by atoms with Crippen LogP contribution in [0.2, 0.25) is 0 Å². The molecule has 0 atom stereocenters. The summed E-state index contributed by atoms with van der Waals surface area (Å²) in [7, 11) is 0. The summed E-state index contributed by atoms with van der Waals surface area (Å²) in [5.74, 6) is 0. The first-order valence-electron chi connectivity index (χ1n) is 5.79. The zero-order valence-electron chi connectivity index (χ0n) is 9.97. The van der Waals surface area contributed by atoms with E-state index in [2.05, 4.69) is 15.6 Å². The lowest BCUT2D eigenvalue weighted by atomic mass is 10.2. The highest BCUT2D eigenvalue weighted by molar-refractivity contribution is 5.73. The number of carbonyl (C=O) groups excluding carboxylic acids is 1. The van der Waals surface area contributed by atoms with Gasteiger partial charge in [-0.15, -0.1) is 0 Å². The van der Waals surface area contributed by atoms with Crippen LogP contribution in [-0.2, 0) is 13.1 Å². The zero-order chi connectivity index (χ0) is 12.6. The molecule has 2 amide bonds. The maximum atomic E-state index is 11.5. The Morgan fingerprint density at radius 1 is 0.944 bits per heavy atom. The van der Waals surface area contributed by atoms with Crippen molar-refractivity contribution in [1.29, 1.82) is 0 Å². The Kier molecular flexibility index (Phi) is 4.30. The van der Waals surface area contributed by atoms with Crippen LogP contribution < -0.4 is 10.6 Å². The molecule has 0 radical (unpaired) electrons. The van der Waals surface area contributed by atoms with E-state index in [1.165, 1.54) is 0 Å². The van der Waals surface area contributed by atoms with Gasteiger partial charge in [0.25, 0.3) is 0 Å². The second kappa shape index (κ2) is 6.39. The van der Waals surface area contributed by atoms with Crippen molar-refractivity contribution in [1.82, 2.24) is 15.6 Å². The molecule has 0 saturated heterocycles. The number of carbonyl (C=O) groups is 1. The number of aromatic nitrogens is 1. The predicted octanol–water partition coefficient (Wildman–Crippen LogP) is 2.08. The van der Waals surface area contributed by atoms with Gasteiger partial charge in [-0.05, 0) is 17.2 Å². The fourth-order valence-corrected chi connectivity index (χ4v) is 1.53. The van der Waals surface area contributed by atoms with E-state index in [0.29, 0.717) is 13.1 Å². The molecule has 0 unspecified atom stereocenters. The molecule has 2 rings (SSSR count). The van der Waals surface area contributed by atoms with Gasteiger partial charge in [0.1, 0.15) is 0 Å². The van der Waals surface area contributed by atoms with Crippen molar-refractivity contribution in [2.45, 2.75) is 13.1 Å². The number of benzene rings is 1. The normalized spacial score (nSPS) is 9.78. The van der Waals surface area contributed by atoms with Crippen molar-refractivity contribution in [2.24, 2.45) is 0 Å². The summed E-state index contributed by atoms with van der Waals surface area (Å²) in [6.07, 6.45) is 3.44. The Hall–Kier alpha value is -2.36. The Morgan fingerprint density at radius 3 is 2.28 bits per heavy atom. The summed E-state index contributed by atoms with van der Waals surface area (Å²) < 4.78 is 0. The molecule has 0 aliphatic carbocycles. The number of hydrogen-bond donors (Lipinski definition) is 2. The lowest BCUT2D eigenvalue weighted by molar-refractivity contribution is 0.240. The third-order valence-corrected chi connectivity index (χ3v) is 2.47. The van der Waals surface area contributed by atoms with Crippen LogP contribution in [0.1, 0.15) is 11.1 Å². The van der Waals surface area contributed by atoms with Gasteiger partial charge in [-0.2, -0.15) is 0 Å². The van der Waals surface area contributed by atoms with Crippen molar-refractivity contribution in [3.8, 4) is 0 Å². The molecule has 4 nitrogen and oxygen atoms in total. The highest BCUT2D eigenvalue weighted by Gasteiger charge is 2.00.